The monoisotopic (exact) mass is 353 g/mol. The Balaban J connectivity index is 1.60. The molecule has 0 unspecified atom stereocenters. The number of hydrogen-bond donors (Lipinski definition) is 1. The highest BCUT2D eigenvalue weighted by Crippen LogP contribution is 2.19. The van der Waals surface area contributed by atoms with Gasteiger partial charge in [0.1, 0.15) is 10.8 Å². The first-order valence-corrected chi connectivity index (χ1v) is 8.43. The molecule has 0 bridgehead atoms. The summed E-state index contributed by atoms with van der Waals surface area (Å²) in [5.41, 5.74) is 3.27. The van der Waals surface area contributed by atoms with Crippen LogP contribution in [0.5, 0.6) is 0 Å². The lowest BCUT2D eigenvalue weighted by Crippen LogP contribution is -2.35. The lowest BCUT2D eigenvalue weighted by molar-refractivity contribution is 0.240. The topological polar surface area (TPSA) is 74.8 Å². The van der Waals surface area contributed by atoms with Crippen LogP contribution in [-0.2, 0) is 19.5 Å². The Morgan fingerprint density at radius 2 is 2.12 bits per heavy atom. The summed E-state index contributed by atoms with van der Waals surface area (Å²) < 4.78 is 0. The molecule has 3 aromatic rings. The second-order valence-corrected chi connectivity index (χ2v) is 6.39. The van der Waals surface area contributed by atoms with Gasteiger partial charge in [-0.05, 0) is 30.2 Å². The van der Waals surface area contributed by atoms with E-state index in [1.807, 2.05) is 24.3 Å². The van der Waals surface area contributed by atoms with E-state index in [2.05, 4.69) is 24.8 Å². The van der Waals surface area contributed by atoms with Crippen LogP contribution < -0.4 is 5.56 Å². The number of pyridine rings is 2. The van der Waals surface area contributed by atoms with Crippen molar-refractivity contribution in [1.82, 2.24) is 24.8 Å². The van der Waals surface area contributed by atoms with E-state index in [0.717, 1.165) is 29.9 Å². The normalized spacial score (nSPS) is 14.3. The average molecular weight is 354 g/mol. The van der Waals surface area contributed by atoms with Crippen molar-refractivity contribution in [3.63, 3.8) is 0 Å². The van der Waals surface area contributed by atoms with Gasteiger partial charge in [0.25, 0.3) is 5.56 Å². The van der Waals surface area contributed by atoms with Crippen molar-refractivity contribution < 1.29 is 0 Å². The highest BCUT2D eigenvalue weighted by atomic mass is 35.5. The predicted molar refractivity (Wildman–Crippen MR) is 95.2 cm³/mol. The van der Waals surface area contributed by atoms with Crippen LogP contribution in [0.15, 0.2) is 47.5 Å². The summed E-state index contributed by atoms with van der Waals surface area (Å²) in [7, 11) is 0. The fraction of sp³-hybridized carbons (Fsp3) is 0.222. The van der Waals surface area contributed by atoms with E-state index < -0.39 is 0 Å². The summed E-state index contributed by atoms with van der Waals surface area (Å²) in [5, 5.41) is 0.487. The van der Waals surface area contributed by atoms with Crippen LogP contribution in [0.3, 0.4) is 0 Å². The Labute approximate surface area is 149 Å². The quantitative estimate of drug-likeness (QED) is 0.732. The van der Waals surface area contributed by atoms with E-state index in [4.69, 9.17) is 11.6 Å². The molecule has 0 spiro atoms. The third-order valence-electron chi connectivity index (χ3n) is 4.25. The fourth-order valence-corrected chi connectivity index (χ4v) is 3.12. The van der Waals surface area contributed by atoms with E-state index in [9.17, 15) is 4.79 Å². The molecule has 7 heteroatoms. The number of aromatic nitrogens is 4. The van der Waals surface area contributed by atoms with Crippen LogP contribution in [0.1, 0.15) is 16.8 Å². The molecule has 126 valence electrons. The minimum absolute atomic E-state index is 0.0709. The molecular weight excluding hydrogens is 338 g/mol. The molecule has 25 heavy (non-hydrogen) atoms. The van der Waals surface area contributed by atoms with Gasteiger partial charge in [-0.15, -0.1) is 0 Å². The zero-order valence-electron chi connectivity index (χ0n) is 13.4. The summed E-state index contributed by atoms with van der Waals surface area (Å²) in [6.07, 6.45) is 4.15. The van der Waals surface area contributed by atoms with Crippen LogP contribution >= 0.6 is 11.6 Å². The first-order valence-electron chi connectivity index (χ1n) is 8.05. The number of fused-ring (bicyclic) bond motifs is 1. The zero-order valence-corrected chi connectivity index (χ0v) is 14.2. The van der Waals surface area contributed by atoms with Crippen molar-refractivity contribution in [2.24, 2.45) is 0 Å². The molecule has 0 amide bonds. The molecule has 0 aromatic carbocycles. The number of halogens is 1. The van der Waals surface area contributed by atoms with Gasteiger partial charge < -0.3 is 4.98 Å². The molecule has 1 N–H and O–H groups in total. The lowest BCUT2D eigenvalue weighted by atomic mass is 10.1. The number of aromatic amines is 1. The molecule has 4 heterocycles. The van der Waals surface area contributed by atoms with Gasteiger partial charge in [0.15, 0.2) is 5.82 Å². The predicted octanol–water partition coefficient (Wildman–Crippen LogP) is 2.44. The van der Waals surface area contributed by atoms with E-state index >= 15 is 0 Å². The fourth-order valence-electron chi connectivity index (χ4n) is 3.01. The minimum atomic E-state index is -0.0709. The van der Waals surface area contributed by atoms with Gasteiger partial charge in [0.2, 0.25) is 0 Å². The maximum atomic E-state index is 12.4. The van der Waals surface area contributed by atoms with Crippen molar-refractivity contribution in [2.45, 2.75) is 19.5 Å². The second kappa shape index (κ2) is 6.74. The van der Waals surface area contributed by atoms with Crippen LogP contribution in [0.4, 0.5) is 0 Å². The largest absolute Gasteiger partial charge is 0.305 e. The van der Waals surface area contributed by atoms with Crippen LogP contribution in [0.2, 0.25) is 5.15 Å². The number of rotatable bonds is 3. The molecule has 3 aromatic heterocycles. The third-order valence-corrected chi connectivity index (χ3v) is 4.48. The molecule has 0 aliphatic carbocycles. The Morgan fingerprint density at radius 1 is 1.20 bits per heavy atom. The molecule has 0 saturated heterocycles. The molecular formula is C18H16ClN5O. The molecule has 0 saturated carbocycles. The summed E-state index contributed by atoms with van der Waals surface area (Å²) >= 11 is 5.84. The van der Waals surface area contributed by atoms with Crippen molar-refractivity contribution in [3.8, 4) is 11.5 Å². The Kier molecular flexibility index (Phi) is 4.29. The molecule has 0 atom stereocenters. The maximum Gasteiger partial charge on any atom is 0.254 e. The molecule has 1 aliphatic heterocycles. The maximum absolute atomic E-state index is 12.4. The second-order valence-electron chi connectivity index (χ2n) is 6.00. The van der Waals surface area contributed by atoms with E-state index in [1.54, 1.807) is 18.5 Å². The van der Waals surface area contributed by atoms with Gasteiger partial charge >= 0.3 is 0 Å². The summed E-state index contributed by atoms with van der Waals surface area (Å²) in [6.45, 7) is 2.18. The average Bonchev–Trinajstić information content (AvgIpc) is 2.64. The van der Waals surface area contributed by atoms with Crippen molar-refractivity contribution in [2.75, 3.05) is 6.54 Å². The van der Waals surface area contributed by atoms with Gasteiger partial charge in [-0.3, -0.25) is 14.7 Å². The zero-order chi connectivity index (χ0) is 17.2. The Hall–Kier alpha value is -2.57. The first kappa shape index (κ1) is 15.9. The molecule has 0 fully saturated rings. The highest BCUT2D eigenvalue weighted by Gasteiger charge is 2.21. The molecule has 6 nitrogen and oxygen atoms in total. The molecule has 0 radical (unpaired) electrons. The number of H-pyrrole nitrogens is 1. The lowest BCUT2D eigenvalue weighted by Gasteiger charge is -2.27. The van der Waals surface area contributed by atoms with Crippen LogP contribution in [-0.4, -0.2) is 31.4 Å². The third kappa shape index (κ3) is 3.45. The van der Waals surface area contributed by atoms with Gasteiger partial charge in [0, 0.05) is 37.6 Å². The number of hydrogen-bond acceptors (Lipinski definition) is 5. The van der Waals surface area contributed by atoms with Gasteiger partial charge in [-0.2, -0.15) is 0 Å². The number of nitrogens with zero attached hydrogens (tertiary/aromatic N) is 4. The first-order chi connectivity index (χ1) is 12.2. The number of nitrogens with one attached hydrogen (secondary N) is 1. The van der Waals surface area contributed by atoms with Gasteiger partial charge in [-0.1, -0.05) is 23.7 Å². The minimum Gasteiger partial charge on any atom is -0.305 e. The summed E-state index contributed by atoms with van der Waals surface area (Å²) in [6, 6.07) is 9.31. The van der Waals surface area contributed by atoms with Crippen molar-refractivity contribution in [3.05, 3.63) is 75.1 Å². The standard InChI is InChI=1S/C18H16ClN5O/c19-16-5-4-12(9-21-16)10-24-8-6-13-15(11-24)22-17(23-18(13)25)14-3-1-2-7-20-14/h1-5,7,9H,6,8,10-11H2,(H,22,23,25). The van der Waals surface area contributed by atoms with Crippen LogP contribution in [0, 0.1) is 0 Å². The summed E-state index contributed by atoms with van der Waals surface area (Å²) in [4.78, 5) is 30.5. The van der Waals surface area contributed by atoms with Gasteiger partial charge in [0.05, 0.1) is 5.69 Å². The van der Waals surface area contributed by atoms with Crippen molar-refractivity contribution in [1.29, 1.82) is 0 Å². The highest BCUT2D eigenvalue weighted by molar-refractivity contribution is 6.29. The SMILES string of the molecule is O=c1[nH]c(-c2ccccn2)nc2c1CCN(Cc1ccc(Cl)nc1)C2. The van der Waals surface area contributed by atoms with E-state index in [1.165, 1.54) is 0 Å². The van der Waals surface area contributed by atoms with E-state index in [-0.39, 0.29) is 5.56 Å². The van der Waals surface area contributed by atoms with Crippen LogP contribution in [0.25, 0.3) is 11.5 Å². The summed E-state index contributed by atoms with van der Waals surface area (Å²) in [5.74, 6) is 0.513. The Bertz CT molecular complexity index is 940. The molecule has 4 rings (SSSR count). The smallest absolute Gasteiger partial charge is 0.254 e. The van der Waals surface area contributed by atoms with Crippen molar-refractivity contribution >= 4 is 11.6 Å². The van der Waals surface area contributed by atoms with E-state index in [0.29, 0.717) is 29.6 Å². The molecule has 1 aliphatic rings. The van der Waals surface area contributed by atoms with Gasteiger partial charge in [-0.25, -0.2) is 9.97 Å². The Morgan fingerprint density at radius 3 is 2.88 bits per heavy atom.